The van der Waals surface area contributed by atoms with Gasteiger partial charge in [0.2, 0.25) is 0 Å². The van der Waals surface area contributed by atoms with Crippen LogP contribution in [0, 0.1) is 6.07 Å². The summed E-state index contributed by atoms with van der Waals surface area (Å²) in [6.45, 7) is 2.03. The number of hydrogen-bond acceptors (Lipinski definition) is 2. The first kappa shape index (κ1) is 8.66. The van der Waals surface area contributed by atoms with Crippen LogP contribution in [0.1, 0.15) is 12.6 Å². The summed E-state index contributed by atoms with van der Waals surface area (Å²) in [6.07, 6.45) is 2.53. The molecule has 0 fully saturated rings. The summed E-state index contributed by atoms with van der Waals surface area (Å²) in [5.41, 5.74) is 0.924. The number of aromatic nitrogens is 2. The first-order valence-electron chi connectivity index (χ1n) is 2.61. The predicted molar refractivity (Wildman–Crippen MR) is 30.2 cm³/mol. The fraction of sp³-hybridized carbons (Fsp3) is 0.333. The molecule has 0 saturated carbocycles. The maximum absolute atomic E-state index is 3.79. The fourth-order valence-electron chi connectivity index (χ4n) is 0.471. The van der Waals surface area contributed by atoms with Crippen LogP contribution in [-0.4, -0.2) is 10.2 Å². The molecule has 0 aliphatic rings. The van der Waals surface area contributed by atoms with Gasteiger partial charge in [0, 0.05) is 18.6 Å². The van der Waals surface area contributed by atoms with Crippen LogP contribution in [0.25, 0.3) is 0 Å². The molecule has 1 rings (SSSR count). The number of nitrogens with zero attached hydrogens (tertiary/aromatic N) is 2. The third-order valence-electron chi connectivity index (χ3n) is 0.904. The van der Waals surface area contributed by atoms with Gasteiger partial charge < -0.3 is 0 Å². The minimum absolute atomic E-state index is 0. The summed E-state index contributed by atoms with van der Waals surface area (Å²) in [5, 5.41) is 7.47. The van der Waals surface area contributed by atoms with E-state index in [4.69, 9.17) is 0 Å². The van der Waals surface area contributed by atoms with E-state index in [1.54, 1.807) is 12.3 Å². The van der Waals surface area contributed by atoms with Crippen molar-refractivity contribution in [1.29, 1.82) is 0 Å². The van der Waals surface area contributed by atoms with Crippen molar-refractivity contribution in [3.05, 3.63) is 24.0 Å². The van der Waals surface area contributed by atoms with Crippen molar-refractivity contribution >= 4 is 0 Å². The molecule has 0 aliphatic carbocycles. The summed E-state index contributed by atoms with van der Waals surface area (Å²) in [7, 11) is 0. The van der Waals surface area contributed by atoms with Crippen LogP contribution in [0.3, 0.4) is 0 Å². The Balaban J connectivity index is 0.000000640. The van der Waals surface area contributed by atoms with Crippen LogP contribution in [0.5, 0.6) is 0 Å². The quantitative estimate of drug-likeness (QED) is 0.566. The van der Waals surface area contributed by atoms with Crippen molar-refractivity contribution < 1.29 is 18.6 Å². The van der Waals surface area contributed by atoms with Gasteiger partial charge in [0.05, 0.1) is 0 Å². The molecule has 0 atom stereocenters. The molecule has 1 aromatic heterocycles. The van der Waals surface area contributed by atoms with Crippen molar-refractivity contribution in [2.75, 3.05) is 0 Å². The third kappa shape index (κ3) is 2.63. The normalized spacial score (nSPS) is 8.11. The topological polar surface area (TPSA) is 25.8 Å². The molecular weight excluding hydrogens is 151 g/mol. The molecule has 0 unspecified atom stereocenters. The van der Waals surface area contributed by atoms with Crippen LogP contribution in [0.2, 0.25) is 0 Å². The molecule has 1 heterocycles. The van der Waals surface area contributed by atoms with E-state index in [1.807, 2.05) is 6.92 Å². The molecule has 1 aromatic rings. The largest absolute Gasteiger partial charge is 0.258 e. The van der Waals surface area contributed by atoms with Crippen LogP contribution in [0.4, 0.5) is 0 Å². The molecule has 0 N–H and O–H groups in total. The molecule has 0 aromatic carbocycles. The summed E-state index contributed by atoms with van der Waals surface area (Å²) in [4.78, 5) is 0. The second-order valence-corrected chi connectivity index (χ2v) is 1.48. The Morgan fingerprint density at radius 2 is 2.44 bits per heavy atom. The monoisotopic (exact) mass is 158 g/mol. The van der Waals surface area contributed by atoms with Gasteiger partial charge in [0.15, 0.2) is 0 Å². The molecule has 2 nitrogen and oxygen atoms in total. The van der Waals surface area contributed by atoms with E-state index in [-0.39, 0.29) is 18.6 Å². The average Bonchev–Trinajstić information content (AvgIpc) is 1.90. The van der Waals surface area contributed by atoms with Crippen LogP contribution < -0.4 is 0 Å². The van der Waals surface area contributed by atoms with Gasteiger partial charge in [-0.1, -0.05) is 6.92 Å². The molecule has 0 spiro atoms. The Labute approximate surface area is 66.6 Å². The molecule has 0 saturated heterocycles. The van der Waals surface area contributed by atoms with Gasteiger partial charge in [-0.3, -0.25) is 5.10 Å². The number of hydrogen-bond donors (Lipinski definition) is 0. The van der Waals surface area contributed by atoms with E-state index < -0.39 is 0 Å². The van der Waals surface area contributed by atoms with Gasteiger partial charge in [-0.15, -0.1) is 6.20 Å². The Kier molecular flexibility index (Phi) is 4.37. The van der Waals surface area contributed by atoms with Crippen molar-refractivity contribution in [2.24, 2.45) is 0 Å². The van der Waals surface area contributed by atoms with Gasteiger partial charge in [0.1, 0.15) is 0 Å². The molecule has 47 valence electrons. The zero-order valence-corrected chi connectivity index (χ0v) is 6.60. The van der Waals surface area contributed by atoms with E-state index in [0.29, 0.717) is 0 Å². The van der Waals surface area contributed by atoms with Crippen molar-refractivity contribution in [3.8, 4) is 0 Å². The smallest absolute Gasteiger partial charge is 0 e. The van der Waals surface area contributed by atoms with Gasteiger partial charge in [0.25, 0.3) is 0 Å². The zero-order valence-electron chi connectivity index (χ0n) is 5.20. The molecular formula is C6H7N2V-. The Bertz CT molecular complexity index is 152. The summed E-state index contributed by atoms with van der Waals surface area (Å²) < 4.78 is 0. The maximum Gasteiger partial charge on any atom is 0 e. The Morgan fingerprint density at radius 1 is 1.67 bits per heavy atom. The molecule has 0 bridgehead atoms. The van der Waals surface area contributed by atoms with Gasteiger partial charge in [-0.05, 0) is 12.1 Å². The number of aryl methyl sites for hydroxylation is 1. The van der Waals surface area contributed by atoms with E-state index in [2.05, 4.69) is 16.3 Å². The minimum Gasteiger partial charge on any atom is -0.258 e. The maximum atomic E-state index is 3.79. The van der Waals surface area contributed by atoms with Gasteiger partial charge in [-0.2, -0.15) is 5.10 Å². The van der Waals surface area contributed by atoms with Gasteiger partial charge in [-0.25, -0.2) is 12.1 Å². The second kappa shape index (κ2) is 4.53. The van der Waals surface area contributed by atoms with Crippen molar-refractivity contribution in [1.82, 2.24) is 10.2 Å². The van der Waals surface area contributed by atoms with Gasteiger partial charge >= 0.3 is 0 Å². The minimum atomic E-state index is 0. The molecule has 3 heteroatoms. The van der Waals surface area contributed by atoms with E-state index in [0.717, 1.165) is 12.1 Å². The first-order valence-corrected chi connectivity index (χ1v) is 2.61. The summed E-state index contributed by atoms with van der Waals surface area (Å²) in [5.74, 6) is 0. The molecule has 9 heavy (non-hydrogen) atoms. The Morgan fingerprint density at radius 3 is 2.78 bits per heavy atom. The van der Waals surface area contributed by atoms with Crippen LogP contribution in [-0.2, 0) is 25.0 Å². The second-order valence-electron chi connectivity index (χ2n) is 1.48. The molecule has 0 aliphatic heterocycles. The van der Waals surface area contributed by atoms with Crippen LogP contribution in [0.15, 0.2) is 12.3 Å². The Hall–Kier alpha value is -0.336. The zero-order chi connectivity index (χ0) is 5.82. The first-order chi connectivity index (χ1) is 3.93. The van der Waals surface area contributed by atoms with Crippen molar-refractivity contribution in [2.45, 2.75) is 13.3 Å². The fourth-order valence-corrected chi connectivity index (χ4v) is 0.471. The summed E-state index contributed by atoms with van der Waals surface area (Å²) in [6, 6.07) is 4.71. The van der Waals surface area contributed by atoms with E-state index >= 15 is 0 Å². The predicted octanol–water partition coefficient (Wildman–Crippen LogP) is 0.837. The van der Waals surface area contributed by atoms with Crippen molar-refractivity contribution in [3.63, 3.8) is 0 Å². The third-order valence-corrected chi connectivity index (χ3v) is 0.904. The molecule has 1 radical (unpaired) electrons. The number of rotatable bonds is 1. The van der Waals surface area contributed by atoms with E-state index in [1.165, 1.54) is 0 Å². The molecule has 0 amide bonds. The van der Waals surface area contributed by atoms with Crippen LogP contribution >= 0.6 is 0 Å². The average molecular weight is 158 g/mol. The summed E-state index contributed by atoms with van der Waals surface area (Å²) >= 11 is 0. The standard InChI is InChI=1S/C6H7N2.V/c1-2-6-4-3-5-7-8-6;/h3,5H,2H2,1H3;/q-1;. The SMILES string of the molecule is CCc1[c-]ccnn1.[V]. The van der Waals surface area contributed by atoms with E-state index in [9.17, 15) is 0 Å².